The molecule has 0 aliphatic heterocycles. The van der Waals surface area contributed by atoms with Crippen molar-refractivity contribution in [1.29, 1.82) is 0 Å². The summed E-state index contributed by atoms with van der Waals surface area (Å²) in [5.74, 6) is 0. The Kier molecular flexibility index (Phi) is 3.77. The van der Waals surface area contributed by atoms with Crippen LogP contribution >= 0.6 is 0 Å². The molecule has 14 heavy (non-hydrogen) atoms. The second-order valence-corrected chi connectivity index (χ2v) is 3.10. The van der Waals surface area contributed by atoms with Crippen molar-refractivity contribution in [2.24, 2.45) is 5.73 Å². The lowest BCUT2D eigenvalue weighted by Crippen LogP contribution is -2.09. The van der Waals surface area contributed by atoms with Crippen LogP contribution in [0.3, 0.4) is 0 Å². The van der Waals surface area contributed by atoms with Crippen molar-refractivity contribution < 1.29 is 8.78 Å². The third-order valence-electron chi connectivity index (χ3n) is 2.01. The molecule has 0 spiro atoms. The van der Waals surface area contributed by atoms with Crippen molar-refractivity contribution in [3.05, 3.63) is 48.0 Å². The van der Waals surface area contributed by atoms with Crippen molar-refractivity contribution in [2.75, 3.05) is 0 Å². The monoisotopic (exact) mass is 197 g/mol. The summed E-state index contributed by atoms with van der Waals surface area (Å²) in [6, 6.07) is 5.94. The van der Waals surface area contributed by atoms with E-state index in [2.05, 4.69) is 6.58 Å². The predicted octanol–water partition coefficient (Wildman–Crippen LogP) is 3.20. The summed E-state index contributed by atoms with van der Waals surface area (Å²) in [4.78, 5) is 0. The second kappa shape index (κ2) is 4.86. The van der Waals surface area contributed by atoms with Crippen LogP contribution in [0.5, 0.6) is 0 Å². The Morgan fingerprint density at radius 3 is 2.57 bits per heavy atom. The highest BCUT2D eigenvalue weighted by atomic mass is 19.3. The van der Waals surface area contributed by atoms with Crippen LogP contribution in [0.25, 0.3) is 0 Å². The molecule has 0 heterocycles. The first-order valence-electron chi connectivity index (χ1n) is 4.39. The predicted molar refractivity (Wildman–Crippen MR) is 53.1 cm³/mol. The van der Waals surface area contributed by atoms with Gasteiger partial charge in [-0.15, -0.1) is 6.58 Å². The van der Waals surface area contributed by atoms with Crippen molar-refractivity contribution in [1.82, 2.24) is 0 Å². The van der Waals surface area contributed by atoms with Crippen LogP contribution in [-0.4, -0.2) is 0 Å². The maximum Gasteiger partial charge on any atom is 0.263 e. The summed E-state index contributed by atoms with van der Waals surface area (Å²) < 4.78 is 24.7. The molecule has 0 amide bonds. The average Bonchev–Trinajstić information content (AvgIpc) is 2.18. The minimum Gasteiger partial charge on any atom is -0.324 e. The van der Waals surface area contributed by atoms with Gasteiger partial charge in [-0.2, -0.15) is 0 Å². The fourth-order valence-corrected chi connectivity index (χ4v) is 1.24. The van der Waals surface area contributed by atoms with Crippen LogP contribution in [0.15, 0.2) is 36.9 Å². The van der Waals surface area contributed by atoms with E-state index in [4.69, 9.17) is 5.73 Å². The zero-order valence-electron chi connectivity index (χ0n) is 7.79. The minimum atomic E-state index is -2.44. The molecule has 1 aromatic rings. The molecule has 1 atom stereocenters. The first-order valence-corrected chi connectivity index (χ1v) is 4.39. The lowest BCUT2D eigenvalue weighted by atomic mass is 10.0. The lowest BCUT2D eigenvalue weighted by Gasteiger charge is -2.10. The summed E-state index contributed by atoms with van der Waals surface area (Å²) in [7, 11) is 0. The fourth-order valence-electron chi connectivity index (χ4n) is 1.24. The zero-order valence-corrected chi connectivity index (χ0v) is 7.79. The van der Waals surface area contributed by atoms with Crippen LogP contribution < -0.4 is 5.73 Å². The van der Waals surface area contributed by atoms with Crippen molar-refractivity contribution in [3.8, 4) is 0 Å². The van der Waals surface area contributed by atoms with Gasteiger partial charge in [-0.25, -0.2) is 8.78 Å². The molecule has 2 N–H and O–H groups in total. The first-order chi connectivity index (χ1) is 6.65. The summed E-state index contributed by atoms with van der Waals surface area (Å²) in [5.41, 5.74) is 6.50. The normalized spacial score (nSPS) is 12.9. The molecule has 1 unspecified atom stereocenters. The molecule has 0 radical (unpaired) electrons. The molecule has 76 valence electrons. The summed E-state index contributed by atoms with van der Waals surface area (Å²) in [6.07, 6.45) is -0.169. The Balaban J connectivity index is 2.87. The maximum absolute atomic E-state index is 12.3. The van der Waals surface area contributed by atoms with Crippen molar-refractivity contribution in [2.45, 2.75) is 18.9 Å². The number of halogens is 2. The highest BCUT2D eigenvalue weighted by molar-refractivity contribution is 5.26. The van der Waals surface area contributed by atoms with Gasteiger partial charge in [-0.3, -0.25) is 0 Å². The second-order valence-electron chi connectivity index (χ2n) is 3.10. The van der Waals surface area contributed by atoms with Gasteiger partial charge in [-0.05, 0) is 18.1 Å². The minimum absolute atomic E-state index is 0.0158. The molecule has 0 saturated carbocycles. The highest BCUT2D eigenvalue weighted by Crippen LogP contribution is 2.22. The quantitative estimate of drug-likeness (QED) is 0.737. The number of benzene rings is 1. The van der Waals surface area contributed by atoms with Gasteiger partial charge in [0.15, 0.2) is 0 Å². The van der Waals surface area contributed by atoms with Gasteiger partial charge in [0.05, 0.1) is 0 Å². The van der Waals surface area contributed by atoms with Gasteiger partial charge in [0.25, 0.3) is 6.43 Å². The molecule has 0 bridgehead atoms. The Hall–Kier alpha value is -1.22. The van der Waals surface area contributed by atoms with Gasteiger partial charge < -0.3 is 5.73 Å². The van der Waals surface area contributed by atoms with Crippen LogP contribution in [-0.2, 0) is 0 Å². The number of rotatable bonds is 4. The molecule has 0 aromatic heterocycles. The highest BCUT2D eigenvalue weighted by Gasteiger charge is 2.09. The topological polar surface area (TPSA) is 26.0 Å². The SMILES string of the molecule is C=CCC(N)c1cccc(C(F)F)c1. The third-order valence-corrected chi connectivity index (χ3v) is 2.01. The van der Waals surface area contributed by atoms with Crippen LogP contribution in [0.2, 0.25) is 0 Å². The molecule has 1 aromatic carbocycles. The summed E-state index contributed by atoms with van der Waals surface area (Å²) in [6.45, 7) is 3.56. The standard InChI is InChI=1S/C11H13F2N/c1-2-4-10(14)8-5-3-6-9(7-8)11(12)13/h2-3,5-7,10-11H,1,4,14H2. The van der Waals surface area contributed by atoms with E-state index in [0.717, 1.165) is 5.56 Å². The smallest absolute Gasteiger partial charge is 0.263 e. The first kappa shape index (κ1) is 10.9. The number of alkyl halides is 2. The van der Waals surface area contributed by atoms with Crippen molar-refractivity contribution in [3.63, 3.8) is 0 Å². The van der Waals surface area contributed by atoms with E-state index in [0.29, 0.717) is 6.42 Å². The van der Waals surface area contributed by atoms with E-state index >= 15 is 0 Å². The molecule has 0 fully saturated rings. The average molecular weight is 197 g/mol. The summed E-state index contributed by atoms with van der Waals surface area (Å²) in [5, 5.41) is 0. The van der Waals surface area contributed by atoms with Crippen molar-refractivity contribution >= 4 is 0 Å². The Bertz CT molecular complexity index is 310. The fraction of sp³-hybridized carbons (Fsp3) is 0.273. The number of hydrogen-bond acceptors (Lipinski definition) is 1. The zero-order chi connectivity index (χ0) is 10.6. The van der Waals surface area contributed by atoms with Crippen LogP contribution in [0, 0.1) is 0 Å². The largest absolute Gasteiger partial charge is 0.324 e. The molecule has 1 rings (SSSR count). The lowest BCUT2D eigenvalue weighted by molar-refractivity contribution is 0.151. The van der Waals surface area contributed by atoms with E-state index in [-0.39, 0.29) is 11.6 Å². The molecule has 0 saturated heterocycles. The molecule has 3 heteroatoms. The molecule has 0 aliphatic rings. The number of hydrogen-bond donors (Lipinski definition) is 1. The van der Waals surface area contributed by atoms with Gasteiger partial charge >= 0.3 is 0 Å². The maximum atomic E-state index is 12.3. The van der Waals surface area contributed by atoms with Gasteiger partial charge in [-0.1, -0.05) is 24.3 Å². The molecule has 0 aliphatic carbocycles. The molecular formula is C11H13F2N. The van der Waals surface area contributed by atoms with Gasteiger partial charge in [0.2, 0.25) is 0 Å². The van der Waals surface area contributed by atoms with Crippen LogP contribution in [0.4, 0.5) is 8.78 Å². The Labute approximate surface area is 82.2 Å². The van der Waals surface area contributed by atoms with E-state index in [9.17, 15) is 8.78 Å². The van der Waals surface area contributed by atoms with E-state index < -0.39 is 6.43 Å². The molecule has 1 nitrogen and oxygen atoms in total. The third kappa shape index (κ3) is 2.64. The van der Waals surface area contributed by atoms with E-state index in [1.165, 1.54) is 12.1 Å². The molecular weight excluding hydrogens is 184 g/mol. The summed E-state index contributed by atoms with van der Waals surface area (Å²) >= 11 is 0. The van der Waals surface area contributed by atoms with Gasteiger partial charge in [0.1, 0.15) is 0 Å². The Morgan fingerprint density at radius 1 is 1.36 bits per heavy atom. The van der Waals surface area contributed by atoms with Gasteiger partial charge in [0, 0.05) is 11.6 Å². The van der Waals surface area contributed by atoms with Crippen LogP contribution in [0.1, 0.15) is 30.0 Å². The number of nitrogens with two attached hydrogens (primary N) is 1. The van der Waals surface area contributed by atoms with E-state index in [1.807, 2.05) is 0 Å². The Morgan fingerprint density at radius 2 is 2.00 bits per heavy atom. The van der Waals surface area contributed by atoms with E-state index in [1.54, 1.807) is 18.2 Å².